The quantitative estimate of drug-likeness (QED) is 0.446. The molecule has 1 saturated heterocycles. The normalized spacial score (nSPS) is 30.3. The van der Waals surface area contributed by atoms with E-state index in [4.69, 9.17) is 23.2 Å². The molecule has 0 radical (unpaired) electrons. The van der Waals surface area contributed by atoms with Gasteiger partial charge in [0.2, 0.25) is 11.8 Å². The second kappa shape index (κ2) is 5.99. The van der Waals surface area contributed by atoms with Gasteiger partial charge in [0.25, 0.3) is 0 Å². The molecule has 2 atom stereocenters. The number of imide groups is 1. The molecular weight excluding hydrogens is 429 g/mol. The van der Waals surface area contributed by atoms with Crippen LogP contribution in [0.25, 0.3) is 0 Å². The van der Waals surface area contributed by atoms with Gasteiger partial charge in [0.1, 0.15) is 0 Å². The van der Waals surface area contributed by atoms with Crippen LogP contribution in [0.5, 0.6) is 0 Å². The average Bonchev–Trinajstić information content (AvgIpc) is 3.05. The maximum atomic E-state index is 13.9. The molecule has 3 nitrogen and oxygen atoms in total. The third kappa shape index (κ3) is 2.07. The lowest BCUT2D eigenvalue weighted by Gasteiger charge is -2.57. The molecule has 4 aliphatic rings. The van der Waals surface area contributed by atoms with Gasteiger partial charge in [-0.25, -0.2) is 4.90 Å². The summed E-state index contributed by atoms with van der Waals surface area (Å²) in [6.45, 7) is 4.23. The Labute approximate surface area is 190 Å². The molecule has 31 heavy (non-hydrogen) atoms. The summed E-state index contributed by atoms with van der Waals surface area (Å²) in [6.07, 6.45) is 0. The van der Waals surface area contributed by atoms with Crippen molar-refractivity contribution in [2.75, 3.05) is 4.90 Å². The highest BCUT2D eigenvalue weighted by molar-refractivity contribution is 6.42. The summed E-state index contributed by atoms with van der Waals surface area (Å²) >= 11 is 12.3. The zero-order valence-electron chi connectivity index (χ0n) is 17.0. The van der Waals surface area contributed by atoms with E-state index in [1.165, 1.54) is 4.90 Å². The van der Waals surface area contributed by atoms with E-state index in [1.807, 2.05) is 24.3 Å². The van der Waals surface area contributed by atoms with Crippen LogP contribution in [0.15, 0.2) is 66.7 Å². The van der Waals surface area contributed by atoms with Crippen LogP contribution in [0.3, 0.4) is 0 Å². The van der Waals surface area contributed by atoms with Gasteiger partial charge < -0.3 is 0 Å². The Morgan fingerprint density at radius 3 is 1.48 bits per heavy atom. The van der Waals surface area contributed by atoms with Gasteiger partial charge >= 0.3 is 0 Å². The molecule has 5 heteroatoms. The predicted molar refractivity (Wildman–Crippen MR) is 122 cm³/mol. The van der Waals surface area contributed by atoms with E-state index in [1.54, 1.807) is 18.2 Å². The Hall–Kier alpha value is -2.62. The number of carbonyl (C=O) groups excluding carboxylic acids is 2. The van der Waals surface area contributed by atoms with Gasteiger partial charge in [0.15, 0.2) is 0 Å². The highest BCUT2D eigenvalue weighted by atomic mass is 35.5. The molecule has 3 aliphatic carbocycles. The first kappa shape index (κ1) is 19.1. The second-order valence-corrected chi connectivity index (χ2v) is 9.88. The van der Waals surface area contributed by atoms with E-state index in [0.29, 0.717) is 15.7 Å². The third-order valence-corrected chi connectivity index (χ3v) is 8.54. The molecule has 7 rings (SSSR count). The molecule has 3 aromatic carbocycles. The van der Waals surface area contributed by atoms with Gasteiger partial charge in [-0.1, -0.05) is 85.6 Å². The lowest BCUT2D eigenvalue weighted by atomic mass is 9.42. The number of hydrogen-bond acceptors (Lipinski definition) is 2. The molecule has 1 fully saturated rings. The van der Waals surface area contributed by atoms with Crippen molar-refractivity contribution in [2.45, 2.75) is 24.7 Å². The molecular formula is C26H19Cl2NO2. The molecule has 154 valence electrons. The number of halogens is 2. The first-order valence-electron chi connectivity index (χ1n) is 10.3. The number of amides is 2. The van der Waals surface area contributed by atoms with E-state index in [9.17, 15) is 9.59 Å². The van der Waals surface area contributed by atoms with Crippen molar-refractivity contribution < 1.29 is 9.59 Å². The Balaban J connectivity index is 1.65. The molecule has 2 amide bonds. The summed E-state index contributed by atoms with van der Waals surface area (Å²) in [5, 5.41) is 0.710. The molecule has 0 unspecified atom stereocenters. The van der Waals surface area contributed by atoms with Crippen molar-refractivity contribution in [1.29, 1.82) is 0 Å². The molecule has 0 aromatic heterocycles. The fourth-order valence-electron chi connectivity index (χ4n) is 6.45. The van der Waals surface area contributed by atoms with E-state index >= 15 is 0 Å². The molecule has 0 spiro atoms. The minimum absolute atomic E-state index is 0.175. The van der Waals surface area contributed by atoms with Gasteiger partial charge in [-0.2, -0.15) is 0 Å². The third-order valence-electron chi connectivity index (χ3n) is 7.80. The molecule has 0 N–H and O–H groups in total. The topological polar surface area (TPSA) is 37.4 Å². The minimum atomic E-state index is -0.590. The largest absolute Gasteiger partial charge is 0.274 e. The summed E-state index contributed by atoms with van der Waals surface area (Å²) < 4.78 is 0. The van der Waals surface area contributed by atoms with Crippen LogP contribution in [0.4, 0.5) is 5.69 Å². The van der Waals surface area contributed by atoms with Crippen molar-refractivity contribution in [3.63, 3.8) is 0 Å². The standard InChI is InChI=1S/C26H19Cl2NO2/c1-25-15-7-3-5-9-17(15)26(2,18-10-6-4-8-16(18)25)22-21(25)23(30)29(24(22)31)14-11-12-19(27)20(28)13-14/h3-13,21-22H,1-2H3/t21-,22+,25?,26?. The molecule has 3 aromatic rings. The van der Waals surface area contributed by atoms with Crippen molar-refractivity contribution >= 4 is 40.7 Å². The monoisotopic (exact) mass is 447 g/mol. The molecule has 2 bridgehead atoms. The van der Waals surface area contributed by atoms with E-state index in [-0.39, 0.29) is 11.8 Å². The van der Waals surface area contributed by atoms with Crippen LogP contribution in [-0.4, -0.2) is 11.8 Å². The van der Waals surface area contributed by atoms with Crippen molar-refractivity contribution in [2.24, 2.45) is 11.8 Å². The van der Waals surface area contributed by atoms with Gasteiger partial charge in [-0.05, 0) is 40.5 Å². The molecule has 1 aliphatic heterocycles. The molecule has 1 heterocycles. The van der Waals surface area contributed by atoms with Crippen molar-refractivity contribution in [3.8, 4) is 0 Å². The van der Waals surface area contributed by atoms with Gasteiger partial charge in [-0.15, -0.1) is 0 Å². The van der Waals surface area contributed by atoms with E-state index < -0.39 is 22.7 Å². The Morgan fingerprint density at radius 2 is 1.10 bits per heavy atom. The smallest absolute Gasteiger partial charge is 0.238 e. The molecule has 0 saturated carbocycles. The van der Waals surface area contributed by atoms with Crippen LogP contribution in [0.1, 0.15) is 36.1 Å². The fourth-order valence-corrected chi connectivity index (χ4v) is 6.74. The maximum Gasteiger partial charge on any atom is 0.238 e. The van der Waals surface area contributed by atoms with Crippen molar-refractivity contribution in [3.05, 3.63) is 99.0 Å². The van der Waals surface area contributed by atoms with Crippen LogP contribution in [-0.2, 0) is 20.4 Å². The second-order valence-electron chi connectivity index (χ2n) is 9.06. The van der Waals surface area contributed by atoms with Gasteiger partial charge in [0, 0.05) is 10.8 Å². The van der Waals surface area contributed by atoms with Crippen LogP contribution < -0.4 is 4.90 Å². The van der Waals surface area contributed by atoms with Gasteiger partial charge in [0.05, 0.1) is 27.6 Å². The van der Waals surface area contributed by atoms with Crippen LogP contribution in [0, 0.1) is 11.8 Å². The highest BCUT2D eigenvalue weighted by Gasteiger charge is 2.70. The Kier molecular flexibility index (Phi) is 3.69. The van der Waals surface area contributed by atoms with E-state index in [0.717, 1.165) is 22.3 Å². The summed E-state index contributed by atoms with van der Waals surface area (Å²) in [7, 11) is 0. The lowest BCUT2D eigenvalue weighted by Crippen LogP contribution is -2.59. The van der Waals surface area contributed by atoms with E-state index in [2.05, 4.69) is 38.1 Å². The predicted octanol–water partition coefficient (Wildman–Crippen LogP) is 5.74. The zero-order valence-corrected chi connectivity index (χ0v) is 18.5. The Bertz CT molecular complexity index is 1190. The Morgan fingerprint density at radius 1 is 0.677 bits per heavy atom. The first-order valence-corrected chi connectivity index (χ1v) is 11.1. The summed E-state index contributed by atoms with van der Waals surface area (Å²) in [6, 6.07) is 21.4. The SMILES string of the molecule is CC12c3ccccc3C(C)(c3ccccc31)[C@H]1C(=O)N(c3ccc(Cl)c(Cl)c3)C(=O)[C@H]12. The number of anilines is 1. The number of carbonyl (C=O) groups is 2. The number of benzene rings is 3. The lowest BCUT2D eigenvalue weighted by molar-refractivity contribution is -0.124. The van der Waals surface area contributed by atoms with Crippen LogP contribution >= 0.6 is 23.2 Å². The van der Waals surface area contributed by atoms with Gasteiger partial charge in [-0.3, -0.25) is 9.59 Å². The summed E-state index contributed by atoms with van der Waals surface area (Å²) in [5.74, 6) is -1.31. The number of nitrogens with zero attached hydrogens (tertiary/aromatic N) is 1. The summed E-state index contributed by atoms with van der Waals surface area (Å²) in [4.78, 5) is 29.2. The first-order chi connectivity index (χ1) is 14.8. The number of hydrogen-bond donors (Lipinski definition) is 0. The van der Waals surface area contributed by atoms with Crippen molar-refractivity contribution in [1.82, 2.24) is 0 Å². The summed E-state index contributed by atoms with van der Waals surface area (Å²) in [5.41, 5.74) is 3.83. The fraction of sp³-hybridized carbons (Fsp3) is 0.231. The van der Waals surface area contributed by atoms with Crippen LogP contribution in [0.2, 0.25) is 10.0 Å². The maximum absolute atomic E-state index is 13.9. The number of rotatable bonds is 1. The highest BCUT2D eigenvalue weighted by Crippen LogP contribution is 2.66. The minimum Gasteiger partial charge on any atom is -0.274 e. The average molecular weight is 448 g/mol. The zero-order chi connectivity index (χ0) is 21.7.